The van der Waals surface area contributed by atoms with E-state index in [0.717, 1.165) is 23.0 Å². The van der Waals surface area contributed by atoms with E-state index in [1.54, 1.807) is 13.2 Å². The number of carbonyl (C=O) groups is 1. The summed E-state index contributed by atoms with van der Waals surface area (Å²) in [6, 6.07) is 11.1. The summed E-state index contributed by atoms with van der Waals surface area (Å²) < 4.78 is 5.07. The minimum Gasteiger partial charge on any atom is -0.478 e. The van der Waals surface area contributed by atoms with Gasteiger partial charge in [-0.25, -0.2) is 4.79 Å². The molecule has 1 N–H and O–H groups in total. The summed E-state index contributed by atoms with van der Waals surface area (Å²) in [7, 11) is 3.64. The smallest absolute Gasteiger partial charge is 0.336 e. The molecule has 0 aliphatic heterocycles. The molecule has 4 nitrogen and oxygen atoms in total. The van der Waals surface area contributed by atoms with E-state index < -0.39 is 5.97 Å². The van der Waals surface area contributed by atoms with Crippen LogP contribution in [0.5, 0.6) is 0 Å². The first kappa shape index (κ1) is 13.4. The van der Waals surface area contributed by atoms with Gasteiger partial charge in [-0.3, -0.25) is 0 Å². The first-order valence-corrected chi connectivity index (χ1v) is 6.10. The van der Waals surface area contributed by atoms with Crippen molar-refractivity contribution in [1.29, 1.82) is 0 Å². The summed E-state index contributed by atoms with van der Waals surface area (Å²) in [5.74, 6) is -0.901. The number of hydrogen-bond donors (Lipinski definition) is 1. The van der Waals surface area contributed by atoms with Gasteiger partial charge in [0, 0.05) is 31.8 Å². The summed E-state index contributed by atoms with van der Waals surface area (Å²) >= 11 is 0. The summed E-state index contributed by atoms with van der Waals surface area (Å²) in [5.41, 5.74) is 1.34. The molecule has 2 aromatic carbocycles. The van der Waals surface area contributed by atoms with E-state index in [0.29, 0.717) is 12.2 Å². The van der Waals surface area contributed by atoms with E-state index in [-0.39, 0.29) is 0 Å². The number of anilines is 1. The predicted octanol–water partition coefficient (Wildman–Crippen LogP) is 2.62. The predicted molar refractivity (Wildman–Crippen MR) is 76.1 cm³/mol. The van der Waals surface area contributed by atoms with Crippen LogP contribution in [0.2, 0.25) is 0 Å². The van der Waals surface area contributed by atoms with E-state index in [2.05, 4.69) is 4.90 Å². The second-order valence-electron chi connectivity index (χ2n) is 4.40. The van der Waals surface area contributed by atoms with Gasteiger partial charge in [0.25, 0.3) is 0 Å². The number of carboxylic acids is 1. The second kappa shape index (κ2) is 5.71. The lowest BCUT2D eigenvalue weighted by Crippen LogP contribution is -2.22. The van der Waals surface area contributed by atoms with Crippen molar-refractivity contribution in [2.45, 2.75) is 0 Å². The molecule has 2 rings (SSSR count). The number of benzene rings is 2. The first-order valence-electron chi connectivity index (χ1n) is 6.10. The highest BCUT2D eigenvalue weighted by Gasteiger charge is 2.12. The van der Waals surface area contributed by atoms with Crippen LogP contribution < -0.4 is 4.90 Å². The minimum absolute atomic E-state index is 0.333. The topological polar surface area (TPSA) is 49.8 Å². The van der Waals surface area contributed by atoms with Crippen LogP contribution in [0.4, 0.5) is 5.69 Å². The lowest BCUT2D eigenvalue weighted by atomic mass is 10.0. The summed E-state index contributed by atoms with van der Waals surface area (Å²) in [5, 5.41) is 10.9. The molecule has 0 saturated heterocycles. The van der Waals surface area contributed by atoms with Crippen molar-refractivity contribution in [3.8, 4) is 0 Å². The Morgan fingerprint density at radius 2 is 1.89 bits per heavy atom. The van der Waals surface area contributed by atoms with Crippen LogP contribution in [0.3, 0.4) is 0 Å². The lowest BCUT2D eigenvalue weighted by molar-refractivity contribution is 0.0699. The third-order valence-corrected chi connectivity index (χ3v) is 3.17. The molecule has 100 valence electrons. The Labute approximate surface area is 112 Å². The quantitative estimate of drug-likeness (QED) is 0.896. The molecule has 19 heavy (non-hydrogen) atoms. The lowest BCUT2D eigenvalue weighted by Gasteiger charge is -2.21. The number of carboxylic acid groups (broad SMARTS) is 1. The number of likely N-dealkylation sites (N-methyl/N-ethyl adjacent to an activating group) is 1. The van der Waals surface area contributed by atoms with E-state index in [4.69, 9.17) is 4.74 Å². The SMILES string of the molecule is COCCN(C)c1ccc(C(=O)O)c2ccccc12. The molecule has 0 radical (unpaired) electrons. The van der Waals surface area contributed by atoms with Crippen molar-refractivity contribution in [3.63, 3.8) is 0 Å². The number of ether oxygens (including phenoxy) is 1. The average molecular weight is 259 g/mol. The highest BCUT2D eigenvalue weighted by atomic mass is 16.5. The van der Waals surface area contributed by atoms with Gasteiger partial charge in [-0.05, 0) is 17.5 Å². The largest absolute Gasteiger partial charge is 0.478 e. The number of rotatable bonds is 5. The Morgan fingerprint density at radius 1 is 1.21 bits per heavy atom. The fourth-order valence-electron chi connectivity index (χ4n) is 2.15. The molecular formula is C15H17NO3. The van der Waals surface area contributed by atoms with Gasteiger partial charge in [0.15, 0.2) is 0 Å². The molecule has 4 heteroatoms. The molecule has 0 amide bonds. The van der Waals surface area contributed by atoms with Crippen molar-refractivity contribution in [2.75, 3.05) is 32.2 Å². The third kappa shape index (κ3) is 2.69. The Bertz CT molecular complexity index is 595. The van der Waals surface area contributed by atoms with E-state index in [1.165, 1.54) is 0 Å². The molecule has 0 spiro atoms. The van der Waals surface area contributed by atoms with E-state index in [1.807, 2.05) is 37.4 Å². The fraction of sp³-hybridized carbons (Fsp3) is 0.267. The molecular weight excluding hydrogens is 242 g/mol. The maximum Gasteiger partial charge on any atom is 0.336 e. The average Bonchev–Trinajstić information content (AvgIpc) is 2.43. The van der Waals surface area contributed by atoms with Crippen molar-refractivity contribution in [1.82, 2.24) is 0 Å². The standard InChI is InChI=1S/C15H17NO3/c1-16(9-10-19-2)14-8-7-13(15(17)18)11-5-3-4-6-12(11)14/h3-8H,9-10H2,1-2H3,(H,17,18). The molecule has 0 heterocycles. The Balaban J connectivity index is 2.52. The number of methoxy groups -OCH3 is 1. The molecule has 0 atom stereocenters. The summed E-state index contributed by atoms with van der Waals surface area (Å²) in [6.45, 7) is 1.39. The first-order chi connectivity index (χ1) is 9.15. The van der Waals surface area contributed by atoms with Crippen molar-refractivity contribution in [3.05, 3.63) is 42.0 Å². The maximum absolute atomic E-state index is 11.2. The normalized spacial score (nSPS) is 10.6. The summed E-state index contributed by atoms with van der Waals surface area (Å²) in [4.78, 5) is 13.3. The highest BCUT2D eigenvalue weighted by molar-refractivity contribution is 6.07. The zero-order chi connectivity index (χ0) is 13.8. The minimum atomic E-state index is -0.901. The van der Waals surface area contributed by atoms with Gasteiger partial charge < -0.3 is 14.7 Å². The van der Waals surface area contributed by atoms with Gasteiger partial charge in [0.05, 0.1) is 12.2 Å². The van der Waals surface area contributed by atoms with Gasteiger partial charge in [-0.1, -0.05) is 24.3 Å². The van der Waals surface area contributed by atoms with Crippen LogP contribution in [0.15, 0.2) is 36.4 Å². The summed E-state index contributed by atoms with van der Waals surface area (Å²) in [6.07, 6.45) is 0. The van der Waals surface area contributed by atoms with Crippen molar-refractivity contribution in [2.24, 2.45) is 0 Å². The van der Waals surface area contributed by atoms with E-state index in [9.17, 15) is 9.90 Å². The molecule has 0 fully saturated rings. The number of aromatic carboxylic acids is 1. The number of hydrogen-bond acceptors (Lipinski definition) is 3. The van der Waals surface area contributed by atoms with Gasteiger partial charge in [-0.2, -0.15) is 0 Å². The number of fused-ring (bicyclic) bond motifs is 1. The Hall–Kier alpha value is -2.07. The van der Waals surface area contributed by atoms with Crippen molar-refractivity contribution >= 4 is 22.4 Å². The molecule has 0 aromatic heterocycles. The van der Waals surface area contributed by atoms with Crippen LogP contribution in [0, 0.1) is 0 Å². The van der Waals surface area contributed by atoms with Crippen LogP contribution in [-0.2, 0) is 4.74 Å². The molecule has 0 aliphatic carbocycles. The molecule has 0 saturated carbocycles. The van der Waals surface area contributed by atoms with Crippen molar-refractivity contribution < 1.29 is 14.6 Å². The molecule has 2 aromatic rings. The van der Waals surface area contributed by atoms with Crippen LogP contribution in [0.1, 0.15) is 10.4 Å². The van der Waals surface area contributed by atoms with Crippen LogP contribution >= 0.6 is 0 Å². The maximum atomic E-state index is 11.2. The Morgan fingerprint density at radius 3 is 2.53 bits per heavy atom. The zero-order valence-corrected chi connectivity index (χ0v) is 11.1. The molecule has 0 unspecified atom stereocenters. The van der Waals surface area contributed by atoms with Crippen LogP contribution in [0.25, 0.3) is 10.8 Å². The molecule has 0 bridgehead atoms. The molecule has 0 aliphatic rings. The van der Waals surface area contributed by atoms with Crippen LogP contribution in [-0.4, -0.2) is 38.4 Å². The van der Waals surface area contributed by atoms with Gasteiger partial charge in [0.2, 0.25) is 0 Å². The van der Waals surface area contributed by atoms with Gasteiger partial charge in [-0.15, -0.1) is 0 Å². The number of nitrogens with zero attached hydrogens (tertiary/aromatic N) is 1. The third-order valence-electron chi connectivity index (χ3n) is 3.17. The van der Waals surface area contributed by atoms with Gasteiger partial charge >= 0.3 is 5.97 Å². The van der Waals surface area contributed by atoms with E-state index >= 15 is 0 Å². The van der Waals surface area contributed by atoms with Gasteiger partial charge in [0.1, 0.15) is 0 Å². The Kier molecular flexibility index (Phi) is 4.02. The fourth-order valence-corrected chi connectivity index (χ4v) is 2.15. The second-order valence-corrected chi connectivity index (χ2v) is 4.40. The zero-order valence-electron chi connectivity index (χ0n) is 11.1. The highest BCUT2D eigenvalue weighted by Crippen LogP contribution is 2.28. The monoisotopic (exact) mass is 259 g/mol.